The third-order valence-corrected chi connectivity index (χ3v) is 1.33. The van der Waals surface area contributed by atoms with Crippen LogP contribution in [0.3, 0.4) is 0 Å². The molecule has 0 heterocycles. The Morgan fingerprint density at radius 3 is 2.83 bits per heavy atom. The van der Waals surface area contributed by atoms with Crippen molar-refractivity contribution in [3.8, 4) is 0 Å². The van der Waals surface area contributed by atoms with Gasteiger partial charge in [0.1, 0.15) is 0 Å². The summed E-state index contributed by atoms with van der Waals surface area (Å²) in [5.74, 6) is -0.261. The second-order valence-corrected chi connectivity index (χ2v) is 2.14. The van der Waals surface area contributed by atoms with Gasteiger partial charge in [0, 0.05) is 0 Å². The summed E-state index contributed by atoms with van der Waals surface area (Å²) in [6, 6.07) is 0. The fourth-order valence-electron chi connectivity index (χ4n) is 0.754. The molecule has 0 aromatic rings. The fourth-order valence-corrected chi connectivity index (χ4v) is 0.754. The Balaban J connectivity index is 2.53. The number of ketones is 1. The van der Waals surface area contributed by atoms with E-state index in [1.807, 2.05) is 0 Å². The molecular weight excluding hydrogens is 160 g/mol. The molecule has 0 aliphatic heterocycles. The van der Waals surface area contributed by atoms with Crippen molar-refractivity contribution >= 4 is 11.9 Å². The Morgan fingerprint density at radius 1 is 1.50 bits per heavy atom. The van der Waals surface area contributed by atoms with Gasteiger partial charge < -0.3 is 9.47 Å². The standard InChI is InChI=1S/C8H8O4/c1-11-8(10)12-7-5-3-2-4-6(7)9/h2-5,7H,1H3. The van der Waals surface area contributed by atoms with Crippen molar-refractivity contribution in [1.82, 2.24) is 0 Å². The molecule has 1 unspecified atom stereocenters. The highest BCUT2D eigenvalue weighted by Gasteiger charge is 2.19. The summed E-state index contributed by atoms with van der Waals surface area (Å²) in [7, 11) is 1.19. The summed E-state index contributed by atoms with van der Waals surface area (Å²) in [5, 5.41) is 0. The van der Waals surface area contributed by atoms with Crippen LogP contribution in [0.15, 0.2) is 24.3 Å². The van der Waals surface area contributed by atoms with Crippen LogP contribution >= 0.6 is 0 Å². The fraction of sp³-hybridized carbons (Fsp3) is 0.250. The van der Waals surface area contributed by atoms with Crippen molar-refractivity contribution < 1.29 is 19.1 Å². The summed E-state index contributed by atoms with van der Waals surface area (Å²) in [6.07, 6.45) is 4.36. The van der Waals surface area contributed by atoms with Crippen LogP contribution in [-0.2, 0) is 14.3 Å². The predicted octanol–water partition coefficient (Wildman–Crippen LogP) is 0.833. The number of carbonyl (C=O) groups excluding carboxylic acids is 2. The van der Waals surface area contributed by atoms with Gasteiger partial charge in [0.15, 0.2) is 11.9 Å². The van der Waals surface area contributed by atoms with E-state index >= 15 is 0 Å². The van der Waals surface area contributed by atoms with Crippen molar-refractivity contribution in [3.05, 3.63) is 24.3 Å². The minimum Gasteiger partial charge on any atom is -0.438 e. The van der Waals surface area contributed by atoms with Crippen molar-refractivity contribution in [2.75, 3.05) is 7.11 Å². The quantitative estimate of drug-likeness (QED) is 0.544. The summed E-state index contributed by atoms with van der Waals surface area (Å²) in [6.45, 7) is 0. The van der Waals surface area contributed by atoms with Crippen LogP contribution in [0.5, 0.6) is 0 Å². The molecule has 0 N–H and O–H groups in total. The zero-order chi connectivity index (χ0) is 8.97. The molecule has 0 amide bonds. The molecule has 0 radical (unpaired) electrons. The van der Waals surface area contributed by atoms with E-state index < -0.39 is 12.3 Å². The van der Waals surface area contributed by atoms with Crippen LogP contribution in [0.1, 0.15) is 0 Å². The highest BCUT2D eigenvalue weighted by molar-refractivity contribution is 5.97. The van der Waals surface area contributed by atoms with Gasteiger partial charge >= 0.3 is 6.16 Å². The first kappa shape index (κ1) is 8.52. The molecule has 0 saturated heterocycles. The minimum atomic E-state index is -0.853. The molecule has 0 fully saturated rings. The van der Waals surface area contributed by atoms with Gasteiger partial charge in [-0.25, -0.2) is 4.79 Å². The van der Waals surface area contributed by atoms with Gasteiger partial charge in [-0.15, -0.1) is 0 Å². The Hall–Kier alpha value is -1.58. The largest absolute Gasteiger partial charge is 0.509 e. The van der Waals surface area contributed by atoms with Gasteiger partial charge in [0.2, 0.25) is 0 Å². The summed E-state index contributed by atoms with van der Waals surface area (Å²) >= 11 is 0. The number of methoxy groups -OCH3 is 1. The van der Waals surface area contributed by atoms with E-state index in [9.17, 15) is 9.59 Å². The molecule has 1 aliphatic rings. The molecule has 64 valence electrons. The number of carbonyl (C=O) groups is 2. The number of ether oxygens (including phenoxy) is 2. The topological polar surface area (TPSA) is 52.6 Å². The van der Waals surface area contributed by atoms with Gasteiger partial charge in [0.25, 0.3) is 0 Å². The van der Waals surface area contributed by atoms with Crippen molar-refractivity contribution in [3.63, 3.8) is 0 Å². The first-order chi connectivity index (χ1) is 5.74. The van der Waals surface area contributed by atoms with Crippen LogP contribution in [0.25, 0.3) is 0 Å². The van der Waals surface area contributed by atoms with Crippen molar-refractivity contribution in [2.45, 2.75) is 6.10 Å². The average Bonchev–Trinajstić information content (AvgIpc) is 2.09. The molecular formula is C8H8O4. The van der Waals surface area contributed by atoms with Gasteiger partial charge in [0.05, 0.1) is 7.11 Å². The van der Waals surface area contributed by atoms with E-state index in [0.29, 0.717) is 0 Å². The van der Waals surface area contributed by atoms with E-state index in [1.165, 1.54) is 19.3 Å². The monoisotopic (exact) mass is 168 g/mol. The molecule has 4 heteroatoms. The SMILES string of the molecule is COC(=O)OC1C=CC=CC1=O. The molecule has 0 aromatic carbocycles. The van der Waals surface area contributed by atoms with Gasteiger partial charge in [-0.1, -0.05) is 12.2 Å². The summed E-state index contributed by atoms with van der Waals surface area (Å²) < 4.78 is 8.83. The van der Waals surface area contributed by atoms with Crippen molar-refractivity contribution in [1.29, 1.82) is 0 Å². The molecule has 12 heavy (non-hydrogen) atoms. The molecule has 1 aliphatic carbocycles. The van der Waals surface area contributed by atoms with Crippen LogP contribution < -0.4 is 0 Å². The van der Waals surface area contributed by atoms with Crippen LogP contribution in [0.4, 0.5) is 4.79 Å². The van der Waals surface area contributed by atoms with E-state index in [0.717, 1.165) is 0 Å². The minimum absolute atomic E-state index is 0.261. The molecule has 0 aromatic heterocycles. The third-order valence-electron chi connectivity index (χ3n) is 1.33. The number of allylic oxidation sites excluding steroid dienone is 2. The zero-order valence-corrected chi connectivity index (χ0v) is 6.52. The van der Waals surface area contributed by atoms with Crippen LogP contribution in [0, 0.1) is 0 Å². The lowest BCUT2D eigenvalue weighted by Gasteiger charge is -2.11. The number of hydrogen-bond acceptors (Lipinski definition) is 4. The number of rotatable bonds is 1. The number of hydrogen-bond donors (Lipinski definition) is 0. The summed E-state index contributed by atoms with van der Waals surface area (Å²) in [5.41, 5.74) is 0. The lowest BCUT2D eigenvalue weighted by Crippen LogP contribution is -2.25. The molecule has 0 spiro atoms. The van der Waals surface area contributed by atoms with E-state index in [-0.39, 0.29) is 5.78 Å². The van der Waals surface area contributed by atoms with E-state index in [4.69, 9.17) is 0 Å². The maximum atomic E-state index is 11.0. The maximum absolute atomic E-state index is 11.0. The Bertz CT molecular complexity index is 252. The van der Waals surface area contributed by atoms with E-state index in [1.54, 1.807) is 12.2 Å². The Kier molecular flexibility index (Phi) is 2.63. The molecule has 0 saturated carbocycles. The lowest BCUT2D eigenvalue weighted by molar-refractivity contribution is -0.121. The van der Waals surface area contributed by atoms with Crippen LogP contribution in [0.2, 0.25) is 0 Å². The van der Waals surface area contributed by atoms with Gasteiger partial charge in [-0.2, -0.15) is 0 Å². The summed E-state index contributed by atoms with van der Waals surface area (Å²) in [4.78, 5) is 21.5. The normalized spacial score (nSPS) is 20.8. The average molecular weight is 168 g/mol. The highest BCUT2D eigenvalue weighted by Crippen LogP contribution is 2.04. The molecule has 4 nitrogen and oxygen atoms in total. The Morgan fingerprint density at radius 2 is 2.25 bits per heavy atom. The zero-order valence-electron chi connectivity index (χ0n) is 6.52. The van der Waals surface area contributed by atoms with E-state index in [2.05, 4.69) is 9.47 Å². The van der Waals surface area contributed by atoms with Gasteiger partial charge in [-0.3, -0.25) is 4.79 Å². The molecule has 1 rings (SSSR count). The lowest BCUT2D eigenvalue weighted by atomic mass is 10.1. The maximum Gasteiger partial charge on any atom is 0.509 e. The first-order valence-electron chi connectivity index (χ1n) is 3.37. The van der Waals surface area contributed by atoms with Gasteiger partial charge in [-0.05, 0) is 12.2 Å². The third kappa shape index (κ3) is 1.95. The second kappa shape index (κ2) is 3.71. The van der Waals surface area contributed by atoms with Crippen LogP contribution in [-0.4, -0.2) is 25.2 Å². The molecule has 0 bridgehead atoms. The highest BCUT2D eigenvalue weighted by atomic mass is 16.7. The second-order valence-electron chi connectivity index (χ2n) is 2.14. The predicted molar refractivity (Wildman–Crippen MR) is 40.6 cm³/mol. The smallest absolute Gasteiger partial charge is 0.438 e. The Labute approximate surface area is 69.5 Å². The van der Waals surface area contributed by atoms with Crippen molar-refractivity contribution in [2.24, 2.45) is 0 Å². The first-order valence-corrected chi connectivity index (χ1v) is 3.37. The molecule has 1 atom stereocenters.